The minimum atomic E-state index is -0.917. The number of aromatic carboxylic acids is 1. The molecule has 1 N–H and O–H groups in total. The van der Waals surface area contributed by atoms with E-state index in [0.717, 1.165) is 6.54 Å². The zero-order valence-electron chi connectivity index (χ0n) is 11.9. The van der Waals surface area contributed by atoms with Crippen molar-refractivity contribution in [3.05, 3.63) is 29.8 Å². The van der Waals surface area contributed by atoms with Crippen molar-refractivity contribution in [2.75, 3.05) is 20.2 Å². The molecule has 0 amide bonds. The number of carbonyl (C=O) groups is 1. The molecule has 0 radical (unpaired) electrons. The van der Waals surface area contributed by atoms with Gasteiger partial charge < -0.3 is 14.7 Å². The Morgan fingerprint density at radius 3 is 2.53 bits per heavy atom. The van der Waals surface area contributed by atoms with Crippen LogP contribution in [0, 0.1) is 0 Å². The van der Waals surface area contributed by atoms with Crippen LogP contribution in [0.4, 0.5) is 0 Å². The first-order valence-electron chi connectivity index (χ1n) is 6.71. The van der Waals surface area contributed by atoms with Crippen LogP contribution in [0.2, 0.25) is 0 Å². The molecule has 0 heterocycles. The van der Waals surface area contributed by atoms with Gasteiger partial charge in [-0.25, -0.2) is 4.79 Å². The van der Waals surface area contributed by atoms with Crippen molar-refractivity contribution in [2.45, 2.75) is 32.7 Å². The number of benzene rings is 1. The van der Waals surface area contributed by atoms with E-state index in [0.29, 0.717) is 18.4 Å². The smallest absolute Gasteiger partial charge is 0.335 e. The van der Waals surface area contributed by atoms with E-state index < -0.39 is 5.97 Å². The summed E-state index contributed by atoms with van der Waals surface area (Å²) < 4.78 is 5.61. The molecule has 0 fully saturated rings. The molecule has 1 aromatic carbocycles. The normalized spacial score (nSPS) is 12.4. The molecule has 19 heavy (non-hydrogen) atoms. The van der Waals surface area contributed by atoms with Crippen LogP contribution in [0.15, 0.2) is 24.3 Å². The third-order valence-electron chi connectivity index (χ3n) is 3.27. The van der Waals surface area contributed by atoms with Gasteiger partial charge in [0.15, 0.2) is 0 Å². The molecule has 0 aliphatic carbocycles. The number of hydrogen-bond acceptors (Lipinski definition) is 3. The number of likely N-dealkylation sites (N-methyl/N-ethyl adjacent to an activating group) is 1. The molecule has 0 saturated carbocycles. The van der Waals surface area contributed by atoms with Gasteiger partial charge in [0.2, 0.25) is 0 Å². The first-order chi connectivity index (χ1) is 9.04. The Morgan fingerprint density at radius 2 is 2.00 bits per heavy atom. The molecule has 1 aromatic rings. The summed E-state index contributed by atoms with van der Waals surface area (Å²) in [5, 5.41) is 8.79. The Bertz CT molecular complexity index is 389. The fourth-order valence-electron chi connectivity index (χ4n) is 1.86. The molecular weight excluding hydrogens is 242 g/mol. The summed E-state index contributed by atoms with van der Waals surface area (Å²) in [7, 11) is 2.09. The topological polar surface area (TPSA) is 49.8 Å². The van der Waals surface area contributed by atoms with E-state index in [1.165, 1.54) is 12.8 Å². The largest absolute Gasteiger partial charge is 0.492 e. The van der Waals surface area contributed by atoms with Gasteiger partial charge in [0, 0.05) is 12.6 Å². The summed E-state index contributed by atoms with van der Waals surface area (Å²) in [6, 6.07) is 7.06. The average molecular weight is 265 g/mol. The van der Waals surface area contributed by atoms with Crippen LogP contribution in [0.3, 0.4) is 0 Å². The zero-order valence-corrected chi connectivity index (χ0v) is 11.9. The average Bonchev–Trinajstić information content (AvgIpc) is 2.39. The standard InChI is InChI=1S/C15H23NO3/c1-4-5-12(2)16(3)10-11-19-14-8-6-13(7-9-14)15(17)18/h6-9,12H,4-5,10-11H2,1-3H3,(H,17,18). The number of ether oxygens (including phenoxy) is 1. The number of nitrogens with zero attached hydrogens (tertiary/aromatic N) is 1. The number of carboxylic acid groups (broad SMARTS) is 1. The van der Waals surface area contributed by atoms with Gasteiger partial charge in [-0.1, -0.05) is 13.3 Å². The number of carboxylic acids is 1. The van der Waals surface area contributed by atoms with Crippen molar-refractivity contribution in [2.24, 2.45) is 0 Å². The quantitative estimate of drug-likeness (QED) is 0.785. The molecule has 4 heteroatoms. The molecule has 0 bridgehead atoms. The second-order valence-electron chi connectivity index (χ2n) is 4.80. The van der Waals surface area contributed by atoms with E-state index in [-0.39, 0.29) is 5.56 Å². The minimum Gasteiger partial charge on any atom is -0.492 e. The lowest BCUT2D eigenvalue weighted by atomic mass is 10.2. The molecule has 1 atom stereocenters. The van der Waals surface area contributed by atoms with Crippen LogP contribution >= 0.6 is 0 Å². The van der Waals surface area contributed by atoms with E-state index >= 15 is 0 Å². The molecular formula is C15H23NO3. The predicted molar refractivity (Wildman–Crippen MR) is 75.9 cm³/mol. The molecule has 0 spiro atoms. The summed E-state index contributed by atoms with van der Waals surface area (Å²) in [6.45, 7) is 5.87. The van der Waals surface area contributed by atoms with Gasteiger partial charge >= 0.3 is 5.97 Å². The Hall–Kier alpha value is -1.55. The van der Waals surface area contributed by atoms with Gasteiger partial charge in [-0.15, -0.1) is 0 Å². The highest BCUT2D eigenvalue weighted by molar-refractivity contribution is 5.87. The molecule has 0 aliphatic rings. The minimum absolute atomic E-state index is 0.279. The Morgan fingerprint density at radius 1 is 1.37 bits per heavy atom. The highest BCUT2D eigenvalue weighted by atomic mass is 16.5. The van der Waals surface area contributed by atoms with Crippen molar-refractivity contribution < 1.29 is 14.6 Å². The third kappa shape index (κ3) is 5.30. The van der Waals surface area contributed by atoms with Crippen molar-refractivity contribution in [1.82, 2.24) is 4.90 Å². The maximum atomic E-state index is 10.7. The van der Waals surface area contributed by atoms with Crippen LogP contribution in [0.25, 0.3) is 0 Å². The zero-order chi connectivity index (χ0) is 14.3. The van der Waals surface area contributed by atoms with Gasteiger partial charge in [0.05, 0.1) is 5.56 Å². The fraction of sp³-hybridized carbons (Fsp3) is 0.533. The monoisotopic (exact) mass is 265 g/mol. The first-order valence-corrected chi connectivity index (χ1v) is 6.71. The van der Waals surface area contributed by atoms with Gasteiger partial charge in [-0.05, 0) is 44.7 Å². The molecule has 1 unspecified atom stereocenters. The van der Waals surface area contributed by atoms with Crippen molar-refractivity contribution in [3.63, 3.8) is 0 Å². The van der Waals surface area contributed by atoms with Crippen LogP contribution in [0.5, 0.6) is 5.75 Å². The van der Waals surface area contributed by atoms with Crippen molar-refractivity contribution in [3.8, 4) is 5.75 Å². The Labute approximate surface area is 115 Å². The Kier molecular flexibility index (Phi) is 6.36. The Balaban J connectivity index is 2.34. The molecule has 0 saturated heterocycles. The lowest BCUT2D eigenvalue weighted by molar-refractivity contribution is 0.0697. The van der Waals surface area contributed by atoms with Crippen LogP contribution in [-0.2, 0) is 0 Å². The van der Waals surface area contributed by atoms with E-state index in [4.69, 9.17) is 9.84 Å². The number of hydrogen-bond donors (Lipinski definition) is 1. The summed E-state index contributed by atoms with van der Waals surface area (Å²) in [5.41, 5.74) is 0.279. The maximum Gasteiger partial charge on any atom is 0.335 e. The predicted octanol–water partition coefficient (Wildman–Crippen LogP) is 2.88. The van der Waals surface area contributed by atoms with E-state index in [9.17, 15) is 4.79 Å². The second-order valence-corrected chi connectivity index (χ2v) is 4.80. The van der Waals surface area contributed by atoms with Gasteiger partial charge in [-0.3, -0.25) is 0 Å². The van der Waals surface area contributed by atoms with Gasteiger partial charge in [0.25, 0.3) is 0 Å². The molecule has 0 aliphatic heterocycles. The van der Waals surface area contributed by atoms with Crippen molar-refractivity contribution >= 4 is 5.97 Å². The van der Waals surface area contributed by atoms with E-state index in [1.807, 2.05) is 0 Å². The molecule has 4 nitrogen and oxygen atoms in total. The second kappa shape index (κ2) is 7.79. The van der Waals surface area contributed by atoms with E-state index in [2.05, 4.69) is 25.8 Å². The van der Waals surface area contributed by atoms with Gasteiger partial charge in [-0.2, -0.15) is 0 Å². The summed E-state index contributed by atoms with van der Waals surface area (Å²) >= 11 is 0. The summed E-state index contributed by atoms with van der Waals surface area (Å²) in [6.07, 6.45) is 2.37. The fourth-order valence-corrected chi connectivity index (χ4v) is 1.86. The summed E-state index contributed by atoms with van der Waals surface area (Å²) in [4.78, 5) is 13.0. The molecule has 106 valence electrons. The highest BCUT2D eigenvalue weighted by Crippen LogP contribution is 2.12. The van der Waals surface area contributed by atoms with Gasteiger partial charge in [0.1, 0.15) is 12.4 Å². The van der Waals surface area contributed by atoms with Crippen LogP contribution in [-0.4, -0.2) is 42.2 Å². The SMILES string of the molecule is CCCC(C)N(C)CCOc1ccc(C(=O)O)cc1. The van der Waals surface area contributed by atoms with Crippen LogP contribution < -0.4 is 4.74 Å². The lowest BCUT2D eigenvalue weighted by Crippen LogP contribution is -2.32. The highest BCUT2D eigenvalue weighted by Gasteiger charge is 2.08. The molecule has 0 aromatic heterocycles. The maximum absolute atomic E-state index is 10.7. The van der Waals surface area contributed by atoms with Crippen LogP contribution in [0.1, 0.15) is 37.0 Å². The molecule has 1 rings (SSSR count). The van der Waals surface area contributed by atoms with E-state index in [1.54, 1.807) is 24.3 Å². The summed E-state index contributed by atoms with van der Waals surface area (Å²) in [5.74, 6) is -0.207. The van der Waals surface area contributed by atoms with Crippen molar-refractivity contribution in [1.29, 1.82) is 0 Å². The lowest BCUT2D eigenvalue weighted by Gasteiger charge is -2.24. The third-order valence-corrected chi connectivity index (χ3v) is 3.27. The first kappa shape index (κ1) is 15.5. The number of rotatable bonds is 8.